The fourth-order valence-electron chi connectivity index (χ4n) is 3.55. The number of ether oxygens (including phenoxy) is 1. The van der Waals surface area contributed by atoms with Gasteiger partial charge in [-0.05, 0) is 50.3 Å². The molecule has 0 fully saturated rings. The van der Waals surface area contributed by atoms with Crippen molar-refractivity contribution in [2.45, 2.75) is 45.4 Å². The Hall–Kier alpha value is -2.74. The average Bonchev–Trinajstić information content (AvgIpc) is 3.05. The topological polar surface area (TPSA) is 97.0 Å². The molecule has 4 rings (SSSR count). The van der Waals surface area contributed by atoms with E-state index in [0.29, 0.717) is 23.8 Å². The Labute approximate surface area is 166 Å². The number of methoxy groups -OCH3 is 1. The van der Waals surface area contributed by atoms with Crippen LogP contribution < -0.4 is 15.6 Å². The Morgan fingerprint density at radius 1 is 1.29 bits per heavy atom. The van der Waals surface area contributed by atoms with E-state index in [1.807, 2.05) is 13.0 Å². The first-order chi connectivity index (χ1) is 13.5. The van der Waals surface area contributed by atoms with Crippen molar-refractivity contribution in [1.29, 1.82) is 0 Å². The molecule has 146 valence electrons. The summed E-state index contributed by atoms with van der Waals surface area (Å²) in [7, 11) is 1.53. The molecule has 1 aliphatic carbocycles. The number of amides is 1. The summed E-state index contributed by atoms with van der Waals surface area (Å²) in [5.41, 5.74) is 1.86. The third-order valence-corrected chi connectivity index (χ3v) is 6.12. The van der Waals surface area contributed by atoms with Crippen LogP contribution in [0.2, 0.25) is 0 Å². The summed E-state index contributed by atoms with van der Waals surface area (Å²) in [6.07, 6.45) is 4.82. The van der Waals surface area contributed by atoms with E-state index in [2.05, 4.69) is 20.3 Å². The molecule has 0 spiro atoms. The van der Waals surface area contributed by atoms with Gasteiger partial charge in [0.1, 0.15) is 10.7 Å². The number of nitrogens with zero attached hydrogens (tertiary/aromatic N) is 2. The van der Waals surface area contributed by atoms with E-state index in [9.17, 15) is 9.59 Å². The zero-order valence-electron chi connectivity index (χ0n) is 15.9. The van der Waals surface area contributed by atoms with Crippen LogP contribution in [0.3, 0.4) is 0 Å². The molecule has 3 heterocycles. The summed E-state index contributed by atoms with van der Waals surface area (Å²) in [4.78, 5) is 38.8. The van der Waals surface area contributed by atoms with E-state index in [4.69, 9.17) is 4.74 Å². The zero-order valence-corrected chi connectivity index (χ0v) is 16.7. The van der Waals surface area contributed by atoms with Crippen molar-refractivity contribution in [3.8, 4) is 5.75 Å². The van der Waals surface area contributed by atoms with Gasteiger partial charge in [-0.3, -0.25) is 9.59 Å². The minimum absolute atomic E-state index is 0.0955. The molecule has 0 atom stereocenters. The maximum Gasteiger partial charge on any atom is 0.259 e. The molecule has 2 N–H and O–H groups in total. The van der Waals surface area contributed by atoms with Gasteiger partial charge in [-0.1, -0.05) is 0 Å². The largest absolute Gasteiger partial charge is 0.493 e. The molecular weight excluding hydrogens is 376 g/mol. The van der Waals surface area contributed by atoms with Crippen LogP contribution in [0.25, 0.3) is 10.2 Å². The van der Waals surface area contributed by atoms with Gasteiger partial charge in [0.25, 0.3) is 5.56 Å². The van der Waals surface area contributed by atoms with Crippen LogP contribution in [0.4, 0.5) is 5.82 Å². The van der Waals surface area contributed by atoms with Gasteiger partial charge in [0.15, 0.2) is 11.6 Å². The van der Waals surface area contributed by atoms with Crippen molar-refractivity contribution in [2.75, 3.05) is 12.4 Å². The highest BCUT2D eigenvalue weighted by atomic mass is 32.1. The number of thiophene rings is 1. The minimum atomic E-state index is -0.204. The number of aromatic nitrogens is 3. The number of hydrogen-bond acceptors (Lipinski definition) is 6. The predicted octanol–water partition coefficient (Wildman–Crippen LogP) is 3.15. The van der Waals surface area contributed by atoms with Gasteiger partial charge in [0.2, 0.25) is 5.91 Å². The first kappa shape index (κ1) is 18.6. The highest BCUT2D eigenvalue weighted by Gasteiger charge is 2.20. The Kier molecular flexibility index (Phi) is 5.13. The van der Waals surface area contributed by atoms with Crippen molar-refractivity contribution < 1.29 is 9.53 Å². The van der Waals surface area contributed by atoms with E-state index in [-0.39, 0.29) is 17.9 Å². The fourth-order valence-corrected chi connectivity index (χ4v) is 4.83. The van der Waals surface area contributed by atoms with Crippen LogP contribution >= 0.6 is 11.3 Å². The number of anilines is 1. The monoisotopic (exact) mass is 398 g/mol. The number of carbonyl (C=O) groups excluding carboxylic acids is 1. The van der Waals surface area contributed by atoms with E-state index in [0.717, 1.165) is 35.2 Å². The maximum absolute atomic E-state index is 12.6. The highest BCUT2D eigenvalue weighted by molar-refractivity contribution is 7.18. The number of H-pyrrole nitrogens is 1. The second-order valence-corrected chi connectivity index (χ2v) is 8.04. The van der Waals surface area contributed by atoms with Crippen molar-refractivity contribution in [3.05, 3.63) is 44.4 Å². The number of nitrogens with one attached hydrogen (secondary N) is 2. The van der Waals surface area contributed by atoms with Gasteiger partial charge >= 0.3 is 0 Å². The molecule has 1 aliphatic rings. The molecule has 0 radical (unpaired) electrons. The number of carbonyl (C=O) groups is 1. The number of fused-ring (bicyclic) bond motifs is 3. The molecule has 7 nitrogen and oxygen atoms in total. The minimum Gasteiger partial charge on any atom is -0.493 e. The van der Waals surface area contributed by atoms with Crippen LogP contribution in [0.5, 0.6) is 5.75 Å². The molecule has 3 aromatic heterocycles. The van der Waals surface area contributed by atoms with Gasteiger partial charge < -0.3 is 15.0 Å². The van der Waals surface area contributed by atoms with E-state index < -0.39 is 0 Å². The van der Waals surface area contributed by atoms with Crippen molar-refractivity contribution in [2.24, 2.45) is 0 Å². The summed E-state index contributed by atoms with van der Waals surface area (Å²) in [6.45, 7) is 1.85. The smallest absolute Gasteiger partial charge is 0.259 e. The molecule has 0 unspecified atom stereocenters. The molecular formula is C20H22N4O3S. The second-order valence-electron chi connectivity index (χ2n) is 6.96. The maximum atomic E-state index is 12.6. The Bertz CT molecular complexity index is 1100. The van der Waals surface area contributed by atoms with Crippen LogP contribution in [0.15, 0.2) is 16.9 Å². The van der Waals surface area contributed by atoms with Gasteiger partial charge in [-0.15, -0.1) is 11.3 Å². The van der Waals surface area contributed by atoms with Gasteiger partial charge in [-0.25, -0.2) is 9.97 Å². The molecule has 0 bridgehead atoms. The summed E-state index contributed by atoms with van der Waals surface area (Å²) >= 11 is 1.61. The quantitative estimate of drug-likeness (QED) is 0.688. The Morgan fingerprint density at radius 3 is 2.93 bits per heavy atom. The van der Waals surface area contributed by atoms with Crippen LogP contribution in [0.1, 0.15) is 41.2 Å². The highest BCUT2D eigenvalue weighted by Crippen LogP contribution is 2.33. The third-order valence-electron chi connectivity index (χ3n) is 4.94. The van der Waals surface area contributed by atoms with Gasteiger partial charge in [-0.2, -0.15) is 0 Å². The number of aryl methyl sites for hydroxylation is 4. The van der Waals surface area contributed by atoms with E-state index in [1.54, 1.807) is 17.4 Å². The first-order valence-corrected chi connectivity index (χ1v) is 10.2. The Balaban J connectivity index is 1.49. The van der Waals surface area contributed by atoms with Gasteiger partial charge in [0.05, 0.1) is 12.5 Å². The lowest BCUT2D eigenvalue weighted by Crippen LogP contribution is -2.17. The molecule has 3 aromatic rings. The lowest BCUT2D eigenvalue weighted by Gasteiger charge is -2.10. The fraction of sp³-hybridized carbons (Fsp3) is 0.400. The predicted molar refractivity (Wildman–Crippen MR) is 109 cm³/mol. The lowest BCUT2D eigenvalue weighted by molar-refractivity contribution is -0.116. The number of aromatic amines is 1. The van der Waals surface area contributed by atoms with Crippen LogP contribution in [0, 0.1) is 6.92 Å². The third kappa shape index (κ3) is 3.64. The lowest BCUT2D eigenvalue weighted by atomic mass is 9.97. The van der Waals surface area contributed by atoms with Crippen LogP contribution in [-0.4, -0.2) is 28.0 Å². The first-order valence-electron chi connectivity index (χ1n) is 9.40. The number of pyridine rings is 1. The summed E-state index contributed by atoms with van der Waals surface area (Å²) in [5.74, 6) is 1.24. The average molecular weight is 398 g/mol. The molecule has 0 saturated carbocycles. The van der Waals surface area contributed by atoms with Crippen molar-refractivity contribution in [3.63, 3.8) is 0 Å². The standard InChI is InChI=1S/C20H22N4O3S/c1-11-7-8-13(27-2)18(21-11)24-16(25)10-9-15-22-19(26)17-12-5-3-4-6-14(12)28-20(17)23-15/h7-8H,3-6,9-10H2,1-2H3,(H,21,24,25)(H,22,23,26). The van der Waals surface area contributed by atoms with E-state index >= 15 is 0 Å². The van der Waals surface area contributed by atoms with Crippen molar-refractivity contribution >= 4 is 33.3 Å². The van der Waals surface area contributed by atoms with Gasteiger partial charge in [0, 0.05) is 23.4 Å². The second kappa shape index (κ2) is 7.71. The summed E-state index contributed by atoms with van der Waals surface area (Å²) in [5, 5.41) is 3.51. The zero-order chi connectivity index (χ0) is 19.7. The summed E-state index contributed by atoms with van der Waals surface area (Å²) < 4.78 is 5.23. The van der Waals surface area contributed by atoms with Crippen LogP contribution in [-0.2, 0) is 24.1 Å². The molecule has 0 saturated heterocycles. The number of rotatable bonds is 5. The SMILES string of the molecule is COc1ccc(C)nc1NC(=O)CCc1nc2sc3c(c2c(=O)[nH]1)CCCC3. The molecule has 28 heavy (non-hydrogen) atoms. The Morgan fingerprint density at radius 2 is 2.11 bits per heavy atom. The normalized spacial score (nSPS) is 13.4. The molecule has 8 heteroatoms. The number of hydrogen-bond donors (Lipinski definition) is 2. The molecule has 1 amide bonds. The van der Waals surface area contributed by atoms with E-state index in [1.165, 1.54) is 24.0 Å². The summed E-state index contributed by atoms with van der Waals surface area (Å²) in [6, 6.07) is 3.59. The van der Waals surface area contributed by atoms with Crippen molar-refractivity contribution in [1.82, 2.24) is 15.0 Å². The molecule has 0 aliphatic heterocycles. The molecule has 0 aromatic carbocycles.